The molecule has 0 fully saturated rings. The Labute approximate surface area is 65.8 Å². The Balaban J connectivity index is 2.62. The molecule has 0 aliphatic carbocycles. The van der Waals surface area contributed by atoms with Crippen LogP contribution >= 0.6 is 0 Å². The number of hydrogen-bond acceptors (Lipinski definition) is 3. The molecule has 0 radical (unpaired) electrons. The van der Waals surface area contributed by atoms with Crippen LogP contribution < -0.4 is 5.73 Å². The summed E-state index contributed by atoms with van der Waals surface area (Å²) in [6.07, 6.45) is 3.29. The number of aliphatic hydroxyl groups is 1. The Bertz CT molecular complexity index is 196. The fourth-order valence-corrected chi connectivity index (χ4v) is 0.941. The number of aliphatic hydroxyl groups excluding tert-OH is 1. The van der Waals surface area contributed by atoms with Crippen LogP contribution in [0, 0.1) is 0 Å². The fourth-order valence-electron chi connectivity index (χ4n) is 0.941. The van der Waals surface area contributed by atoms with E-state index in [0.29, 0.717) is 6.42 Å². The molecule has 0 aliphatic heterocycles. The van der Waals surface area contributed by atoms with Gasteiger partial charge in [-0.2, -0.15) is 0 Å². The third kappa shape index (κ3) is 1.82. The van der Waals surface area contributed by atoms with Gasteiger partial charge in [0.05, 0.1) is 24.7 Å². The maximum Gasteiger partial charge on any atom is 0.0951 e. The van der Waals surface area contributed by atoms with Gasteiger partial charge in [-0.25, -0.2) is 0 Å². The molecule has 3 heteroatoms. The Morgan fingerprint density at radius 1 is 1.73 bits per heavy atom. The zero-order chi connectivity index (χ0) is 8.27. The zero-order valence-corrected chi connectivity index (χ0v) is 6.53. The summed E-state index contributed by atoms with van der Waals surface area (Å²) in [5, 5.41) is 9.33. The Kier molecular flexibility index (Phi) is 2.68. The molecule has 2 unspecified atom stereocenters. The maximum atomic E-state index is 9.33. The van der Waals surface area contributed by atoms with Crippen molar-refractivity contribution in [3.05, 3.63) is 24.2 Å². The van der Waals surface area contributed by atoms with Crippen LogP contribution in [0.3, 0.4) is 0 Å². The second-order valence-corrected chi connectivity index (χ2v) is 2.56. The zero-order valence-electron chi connectivity index (χ0n) is 6.53. The lowest BCUT2D eigenvalue weighted by atomic mass is 10.0. The normalized spacial score (nSPS) is 16.3. The van der Waals surface area contributed by atoms with Crippen molar-refractivity contribution < 1.29 is 9.52 Å². The van der Waals surface area contributed by atoms with Crippen molar-refractivity contribution in [2.45, 2.75) is 25.5 Å². The molecule has 1 aromatic heterocycles. The number of hydrogen-bond donors (Lipinski definition) is 2. The second kappa shape index (κ2) is 3.55. The van der Waals surface area contributed by atoms with Crippen LogP contribution in [0.2, 0.25) is 0 Å². The number of nitrogens with two attached hydrogens (primary N) is 1. The summed E-state index contributed by atoms with van der Waals surface area (Å²) in [5.41, 5.74) is 6.53. The first-order valence-corrected chi connectivity index (χ1v) is 3.71. The summed E-state index contributed by atoms with van der Waals surface area (Å²) in [6, 6.07) is 1.45. The molecule has 0 aromatic carbocycles. The van der Waals surface area contributed by atoms with Crippen LogP contribution in [0.15, 0.2) is 23.0 Å². The first-order valence-electron chi connectivity index (χ1n) is 3.71. The predicted molar refractivity (Wildman–Crippen MR) is 41.9 cm³/mol. The number of rotatable bonds is 3. The van der Waals surface area contributed by atoms with Gasteiger partial charge < -0.3 is 15.3 Å². The van der Waals surface area contributed by atoms with Gasteiger partial charge in [0.15, 0.2) is 0 Å². The minimum atomic E-state index is -0.479. The molecule has 62 valence electrons. The van der Waals surface area contributed by atoms with Crippen molar-refractivity contribution in [3.63, 3.8) is 0 Å². The van der Waals surface area contributed by atoms with Gasteiger partial charge in [0.2, 0.25) is 0 Å². The van der Waals surface area contributed by atoms with Gasteiger partial charge in [0.25, 0.3) is 0 Å². The largest absolute Gasteiger partial charge is 0.472 e. The van der Waals surface area contributed by atoms with Gasteiger partial charge in [0.1, 0.15) is 0 Å². The van der Waals surface area contributed by atoms with E-state index in [-0.39, 0.29) is 6.04 Å². The van der Waals surface area contributed by atoms with Crippen molar-refractivity contribution in [1.82, 2.24) is 0 Å². The molecule has 0 spiro atoms. The van der Waals surface area contributed by atoms with Gasteiger partial charge >= 0.3 is 0 Å². The Hall–Kier alpha value is -0.800. The van der Waals surface area contributed by atoms with E-state index in [1.54, 1.807) is 18.6 Å². The van der Waals surface area contributed by atoms with Gasteiger partial charge in [0, 0.05) is 5.56 Å². The summed E-state index contributed by atoms with van der Waals surface area (Å²) in [4.78, 5) is 0. The average molecular weight is 155 g/mol. The van der Waals surface area contributed by atoms with E-state index >= 15 is 0 Å². The van der Waals surface area contributed by atoms with Crippen molar-refractivity contribution in [3.8, 4) is 0 Å². The molecule has 3 N–H and O–H groups in total. The molecule has 3 nitrogen and oxygen atoms in total. The summed E-state index contributed by atoms with van der Waals surface area (Å²) in [6.45, 7) is 1.89. The van der Waals surface area contributed by atoms with Crippen molar-refractivity contribution >= 4 is 0 Å². The molecule has 0 bridgehead atoms. The molecule has 0 amide bonds. The average Bonchev–Trinajstić information content (AvgIpc) is 2.53. The van der Waals surface area contributed by atoms with Crippen LogP contribution in [0.1, 0.15) is 24.9 Å². The van der Waals surface area contributed by atoms with Crippen LogP contribution in [0.25, 0.3) is 0 Å². The van der Waals surface area contributed by atoms with Crippen LogP contribution in [-0.2, 0) is 0 Å². The SMILES string of the molecule is CCC(O)C(N)c1ccoc1. The van der Waals surface area contributed by atoms with E-state index in [1.807, 2.05) is 6.92 Å². The summed E-state index contributed by atoms with van der Waals surface area (Å²) >= 11 is 0. The first-order chi connectivity index (χ1) is 5.25. The summed E-state index contributed by atoms with van der Waals surface area (Å²) in [7, 11) is 0. The highest BCUT2D eigenvalue weighted by molar-refractivity contribution is 5.12. The van der Waals surface area contributed by atoms with E-state index in [9.17, 15) is 5.11 Å². The Morgan fingerprint density at radius 2 is 2.45 bits per heavy atom. The molecular weight excluding hydrogens is 142 g/mol. The molecule has 1 heterocycles. The lowest BCUT2D eigenvalue weighted by molar-refractivity contribution is 0.140. The van der Waals surface area contributed by atoms with Crippen LogP contribution in [-0.4, -0.2) is 11.2 Å². The van der Waals surface area contributed by atoms with E-state index in [0.717, 1.165) is 5.56 Å². The second-order valence-electron chi connectivity index (χ2n) is 2.56. The molecule has 11 heavy (non-hydrogen) atoms. The van der Waals surface area contributed by atoms with Crippen LogP contribution in [0.5, 0.6) is 0 Å². The van der Waals surface area contributed by atoms with Crippen molar-refractivity contribution in [2.75, 3.05) is 0 Å². The van der Waals surface area contributed by atoms with E-state index < -0.39 is 6.10 Å². The minimum Gasteiger partial charge on any atom is -0.472 e. The van der Waals surface area contributed by atoms with E-state index in [1.165, 1.54) is 0 Å². The monoisotopic (exact) mass is 155 g/mol. The first kappa shape index (κ1) is 8.30. The fraction of sp³-hybridized carbons (Fsp3) is 0.500. The van der Waals surface area contributed by atoms with Crippen molar-refractivity contribution in [1.29, 1.82) is 0 Å². The molecule has 0 saturated heterocycles. The Morgan fingerprint density at radius 3 is 2.91 bits per heavy atom. The third-order valence-electron chi connectivity index (χ3n) is 1.76. The summed E-state index contributed by atoms with van der Waals surface area (Å²) in [5.74, 6) is 0. The standard InChI is InChI=1S/C8H13NO2/c1-2-7(10)8(9)6-3-4-11-5-6/h3-5,7-8,10H,2,9H2,1H3. The van der Waals surface area contributed by atoms with Gasteiger partial charge in [-0.1, -0.05) is 6.92 Å². The molecule has 1 rings (SSSR count). The quantitative estimate of drug-likeness (QED) is 0.685. The highest BCUT2D eigenvalue weighted by atomic mass is 16.3. The number of furan rings is 1. The lowest BCUT2D eigenvalue weighted by Gasteiger charge is -2.14. The highest BCUT2D eigenvalue weighted by Crippen LogP contribution is 2.15. The van der Waals surface area contributed by atoms with Gasteiger partial charge in [-0.3, -0.25) is 0 Å². The third-order valence-corrected chi connectivity index (χ3v) is 1.76. The maximum absolute atomic E-state index is 9.33. The lowest BCUT2D eigenvalue weighted by Crippen LogP contribution is -2.24. The smallest absolute Gasteiger partial charge is 0.0951 e. The molecule has 0 saturated carbocycles. The van der Waals surface area contributed by atoms with Crippen LogP contribution in [0.4, 0.5) is 0 Å². The predicted octanol–water partition coefficient (Wildman–Crippen LogP) is 1.05. The highest BCUT2D eigenvalue weighted by Gasteiger charge is 2.14. The summed E-state index contributed by atoms with van der Waals surface area (Å²) < 4.78 is 4.84. The topological polar surface area (TPSA) is 59.4 Å². The van der Waals surface area contributed by atoms with E-state index in [2.05, 4.69) is 0 Å². The molecule has 1 aromatic rings. The minimum absolute atomic E-state index is 0.321. The molecule has 2 atom stereocenters. The van der Waals surface area contributed by atoms with Gasteiger partial charge in [-0.05, 0) is 12.5 Å². The van der Waals surface area contributed by atoms with Crippen molar-refractivity contribution in [2.24, 2.45) is 5.73 Å². The van der Waals surface area contributed by atoms with E-state index in [4.69, 9.17) is 10.2 Å². The van der Waals surface area contributed by atoms with Gasteiger partial charge in [-0.15, -0.1) is 0 Å². The molecular formula is C8H13NO2. The molecule has 0 aliphatic rings.